The second-order valence-electron chi connectivity index (χ2n) is 3.14. The first-order valence-corrected chi connectivity index (χ1v) is 4.90. The van der Waals surface area contributed by atoms with Crippen molar-refractivity contribution in [1.29, 1.82) is 5.26 Å². The number of ether oxygens (including phenoxy) is 1. The third-order valence-corrected chi connectivity index (χ3v) is 2.87. The summed E-state index contributed by atoms with van der Waals surface area (Å²) in [4.78, 5) is 10.9. The van der Waals surface area contributed by atoms with Gasteiger partial charge in [-0.25, -0.2) is 4.79 Å². The quantitative estimate of drug-likeness (QED) is 0.560. The van der Waals surface area contributed by atoms with Crippen molar-refractivity contribution in [2.24, 2.45) is 0 Å². The number of carbonyl (C=O) groups excluding carboxylic acids is 1. The first-order chi connectivity index (χ1) is 7.05. The summed E-state index contributed by atoms with van der Waals surface area (Å²) < 4.78 is 3.32. The van der Waals surface area contributed by atoms with E-state index in [1.807, 2.05) is 6.07 Å². The van der Waals surface area contributed by atoms with Gasteiger partial charge in [0.15, 0.2) is 6.10 Å². The smallest absolute Gasteiger partial charge is 0.347 e. The van der Waals surface area contributed by atoms with E-state index >= 15 is 0 Å². The number of cyclic esters (lactones) is 1. The molecule has 1 fully saturated rings. The van der Waals surface area contributed by atoms with Crippen LogP contribution in [0.4, 0.5) is 0 Å². The average molecular weight is 242 g/mol. The summed E-state index contributed by atoms with van der Waals surface area (Å²) in [7, 11) is 0. The Balaban J connectivity index is 2.26. The number of halogens is 2. The SMILES string of the molecule is N#Cc1ccc(C2OC(=O)C2(Cl)Cl)cc1. The first-order valence-electron chi connectivity index (χ1n) is 4.14. The fraction of sp³-hybridized carbons (Fsp3) is 0.200. The molecule has 0 spiro atoms. The number of hydrogen-bond donors (Lipinski definition) is 0. The van der Waals surface area contributed by atoms with Gasteiger partial charge in [-0.3, -0.25) is 0 Å². The molecular weight excluding hydrogens is 237 g/mol. The second-order valence-corrected chi connectivity index (χ2v) is 4.53. The Kier molecular flexibility index (Phi) is 2.34. The van der Waals surface area contributed by atoms with Crippen LogP contribution in [0.25, 0.3) is 0 Å². The van der Waals surface area contributed by atoms with Gasteiger partial charge in [0.25, 0.3) is 4.33 Å². The lowest BCUT2D eigenvalue weighted by Gasteiger charge is -2.37. The van der Waals surface area contributed by atoms with Crippen LogP contribution in [0.1, 0.15) is 17.2 Å². The molecular formula is C10H5Cl2NO2. The van der Waals surface area contributed by atoms with Crippen molar-refractivity contribution in [2.75, 3.05) is 0 Å². The third kappa shape index (κ3) is 1.56. The summed E-state index contributed by atoms with van der Waals surface area (Å²) in [6.07, 6.45) is -0.652. The number of alkyl halides is 2. The fourth-order valence-electron chi connectivity index (χ4n) is 1.32. The number of carbonyl (C=O) groups is 1. The van der Waals surface area contributed by atoms with Gasteiger partial charge in [-0.1, -0.05) is 35.3 Å². The highest BCUT2D eigenvalue weighted by Gasteiger charge is 2.56. The molecule has 0 amide bonds. The highest BCUT2D eigenvalue weighted by molar-refractivity contribution is 6.59. The first kappa shape index (κ1) is 10.3. The minimum Gasteiger partial charge on any atom is -0.451 e. The zero-order chi connectivity index (χ0) is 11.1. The Hall–Kier alpha value is -1.24. The van der Waals surface area contributed by atoms with Crippen molar-refractivity contribution in [3.05, 3.63) is 35.4 Å². The van der Waals surface area contributed by atoms with Crippen molar-refractivity contribution in [1.82, 2.24) is 0 Å². The number of benzene rings is 1. The van der Waals surface area contributed by atoms with Crippen LogP contribution in [-0.2, 0) is 9.53 Å². The monoisotopic (exact) mass is 241 g/mol. The molecule has 76 valence electrons. The maximum absolute atomic E-state index is 10.9. The van der Waals surface area contributed by atoms with E-state index in [9.17, 15) is 4.79 Å². The average Bonchev–Trinajstić information content (AvgIpc) is 2.26. The molecule has 0 aliphatic carbocycles. The molecule has 1 aromatic carbocycles. The van der Waals surface area contributed by atoms with E-state index in [4.69, 9.17) is 33.2 Å². The number of esters is 1. The molecule has 1 aliphatic heterocycles. The Morgan fingerprint density at radius 2 is 1.93 bits per heavy atom. The van der Waals surface area contributed by atoms with Crippen LogP contribution < -0.4 is 0 Å². The molecule has 1 saturated heterocycles. The van der Waals surface area contributed by atoms with Gasteiger partial charge >= 0.3 is 5.97 Å². The van der Waals surface area contributed by atoms with E-state index in [2.05, 4.69) is 0 Å². The lowest BCUT2D eigenvalue weighted by atomic mass is 10.0. The molecule has 1 aromatic rings. The van der Waals surface area contributed by atoms with Gasteiger partial charge in [0.05, 0.1) is 11.6 Å². The molecule has 1 unspecified atom stereocenters. The lowest BCUT2D eigenvalue weighted by Crippen LogP contribution is -2.48. The van der Waals surface area contributed by atoms with Gasteiger partial charge in [0, 0.05) is 0 Å². The van der Waals surface area contributed by atoms with Gasteiger partial charge in [-0.15, -0.1) is 0 Å². The molecule has 0 N–H and O–H groups in total. The molecule has 0 bridgehead atoms. The zero-order valence-corrected chi connectivity index (χ0v) is 8.92. The maximum atomic E-state index is 10.9. The summed E-state index contributed by atoms with van der Waals surface area (Å²) in [5, 5.41) is 8.60. The molecule has 0 saturated carbocycles. The highest BCUT2D eigenvalue weighted by atomic mass is 35.5. The van der Waals surface area contributed by atoms with Gasteiger partial charge in [-0.05, 0) is 17.7 Å². The molecule has 15 heavy (non-hydrogen) atoms. The van der Waals surface area contributed by atoms with E-state index in [1.165, 1.54) is 0 Å². The summed E-state index contributed by atoms with van der Waals surface area (Å²) in [5.74, 6) is -0.639. The van der Waals surface area contributed by atoms with Crippen molar-refractivity contribution >= 4 is 29.2 Å². The second kappa shape index (κ2) is 3.41. The van der Waals surface area contributed by atoms with E-state index in [0.29, 0.717) is 11.1 Å². The minimum absolute atomic E-state index is 0.527. The number of rotatable bonds is 1. The van der Waals surface area contributed by atoms with Gasteiger partial charge in [0.1, 0.15) is 0 Å². The molecule has 1 heterocycles. The predicted molar refractivity (Wildman–Crippen MR) is 54.4 cm³/mol. The third-order valence-electron chi connectivity index (χ3n) is 2.17. The summed E-state index contributed by atoms with van der Waals surface area (Å²) in [6.45, 7) is 0. The predicted octanol–water partition coefficient (Wildman–Crippen LogP) is 2.33. The Morgan fingerprint density at radius 1 is 1.33 bits per heavy atom. The van der Waals surface area contributed by atoms with Crippen LogP contribution in [0.2, 0.25) is 0 Å². The molecule has 1 atom stereocenters. The van der Waals surface area contributed by atoms with Crippen LogP contribution in [0.5, 0.6) is 0 Å². The largest absolute Gasteiger partial charge is 0.451 e. The van der Waals surface area contributed by atoms with Crippen molar-refractivity contribution in [3.63, 3.8) is 0 Å². The van der Waals surface area contributed by atoms with E-state index < -0.39 is 16.4 Å². The Labute approximate surface area is 96.2 Å². The van der Waals surface area contributed by atoms with Crippen LogP contribution in [0, 0.1) is 11.3 Å². The Bertz CT molecular complexity index is 447. The van der Waals surface area contributed by atoms with Gasteiger partial charge in [-0.2, -0.15) is 5.26 Å². The normalized spacial score (nSPS) is 22.5. The summed E-state index contributed by atoms with van der Waals surface area (Å²) in [6, 6.07) is 8.54. The van der Waals surface area contributed by atoms with Crippen molar-refractivity contribution in [3.8, 4) is 6.07 Å². The topological polar surface area (TPSA) is 50.1 Å². The molecule has 0 aromatic heterocycles. The zero-order valence-electron chi connectivity index (χ0n) is 7.41. The molecule has 5 heteroatoms. The van der Waals surface area contributed by atoms with E-state index in [-0.39, 0.29) is 0 Å². The van der Waals surface area contributed by atoms with E-state index in [0.717, 1.165) is 0 Å². The highest BCUT2D eigenvalue weighted by Crippen LogP contribution is 2.48. The van der Waals surface area contributed by atoms with Crippen molar-refractivity contribution < 1.29 is 9.53 Å². The van der Waals surface area contributed by atoms with Crippen LogP contribution >= 0.6 is 23.2 Å². The summed E-state index contributed by atoms with van der Waals surface area (Å²) >= 11 is 11.5. The van der Waals surface area contributed by atoms with Crippen LogP contribution in [-0.4, -0.2) is 10.3 Å². The molecule has 1 aliphatic rings. The maximum Gasteiger partial charge on any atom is 0.347 e. The fourth-order valence-corrected chi connectivity index (χ4v) is 1.75. The van der Waals surface area contributed by atoms with Crippen LogP contribution in [0.3, 0.4) is 0 Å². The minimum atomic E-state index is -1.51. The standard InChI is InChI=1S/C10H5Cl2NO2/c11-10(12)8(15-9(10)14)7-3-1-6(5-13)2-4-7/h1-4,8H. The summed E-state index contributed by atoms with van der Waals surface area (Å²) in [5.41, 5.74) is 1.21. The molecule has 2 rings (SSSR count). The van der Waals surface area contributed by atoms with Gasteiger partial charge < -0.3 is 4.74 Å². The van der Waals surface area contributed by atoms with Crippen molar-refractivity contribution in [2.45, 2.75) is 10.4 Å². The van der Waals surface area contributed by atoms with E-state index in [1.54, 1.807) is 24.3 Å². The lowest BCUT2D eigenvalue weighted by molar-refractivity contribution is -0.172. The molecule has 3 nitrogen and oxygen atoms in total. The Morgan fingerprint density at radius 3 is 2.33 bits per heavy atom. The number of hydrogen-bond acceptors (Lipinski definition) is 3. The number of nitriles is 1. The number of nitrogens with zero attached hydrogens (tertiary/aromatic N) is 1. The van der Waals surface area contributed by atoms with Crippen LogP contribution in [0.15, 0.2) is 24.3 Å². The molecule has 0 radical (unpaired) electrons. The van der Waals surface area contributed by atoms with Gasteiger partial charge in [0.2, 0.25) is 0 Å².